The molecule has 0 bridgehead atoms. The molecule has 0 aliphatic rings. The molecular weight excluding hydrogens is 196 g/mol. The van der Waals surface area contributed by atoms with Crippen LogP contribution in [0.5, 0.6) is 0 Å². The van der Waals surface area contributed by atoms with Crippen molar-refractivity contribution in [2.75, 3.05) is 6.54 Å². The first kappa shape index (κ1) is 11.0. The summed E-state index contributed by atoms with van der Waals surface area (Å²) in [4.78, 5) is 0. The van der Waals surface area contributed by atoms with E-state index in [1.54, 1.807) is 6.07 Å². The molecule has 1 rings (SSSR count). The largest absolute Gasteiger partial charge is 0.313 e. The second-order valence-electron chi connectivity index (χ2n) is 3.09. The molecule has 0 radical (unpaired) electrons. The molecule has 0 heterocycles. The third-order valence-electron chi connectivity index (χ3n) is 1.93. The van der Waals surface area contributed by atoms with Crippen LogP contribution in [0.15, 0.2) is 18.2 Å². The third-order valence-corrected chi connectivity index (χ3v) is 2.17. The van der Waals surface area contributed by atoms with Crippen LogP contribution in [0.2, 0.25) is 5.02 Å². The zero-order chi connectivity index (χ0) is 10.4. The Morgan fingerprint density at radius 2 is 2.29 bits per heavy atom. The molecule has 0 amide bonds. The summed E-state index contributed by atoms with van der Waals surface area (Å²) in [5.41, 5.74) is 1.66. The van der Waals surface area contributed by atoms with Gasteiger partial charge in [0.2, 0.25) is 0 Å². The Labute approximate surface area is 89.5 Å². The van der Waals surface area contributed by atoms with Gasteiger partial charge >= 0.3 is 0 Å². The highest BCUT2D eigenvalue weighted by molar-refractivity contribution is 6.30. The highest BCUT2D eigenvalue weighted by Crippen LogP contribution is 2.15. The van der Waals surface area contributed by atoms with Gasteiger partial charge in [-0.15, -0.1) is 0 Å². The second kappa shape index (κ2) is 5.64. The molecule has 74 valence electrons. The zero-order valence-electron chi connectivity index (χ0n) is 8.18. The summed E-state index contributed by atoms with van der Waals surface area (Å²) in [5, 5.41) is 12.7. The lowest BCUT2D eigenvalue weighted by Crippen LogP contribution is -2.14. The average molecular weight is 209 g/mol. The summed E-state index contributed by atoms with van der Waals surface area (Å²) < 4.78 is 0. The van der Waals surface area contributed by atoms with Crippen molar-refractivity contribution in [3.63, 3.8) is 0 Å². The van der Waals surface area contributed by atoms with Gasteiger partial charge in [-0.25, -0.2) is 0 Å². The first-order valence-electron chi connectivity index (χ1n) is 4.67. The van der Waals surface area contributed by atoms with Crippen LogP contribution in [-0.4, -0.2) is 6.54 Å². The van der Waals surface area contributed by atoms with Crippen molar-refractivity contribution in [1.82, 2.24) is 5.32 Å². The van der Waals surface area contributed by atoms with E-state index in [-0.39, 0.29) is 0 Å². The van der Waals surface area contributed by atoms with Crippen molar-refractivity contribution in [2.45, 2.75) is 19.9 Å². The average Bonchev–Trinajstić information content (AvgIpc) is 2.20. The van der Waals surface area contributed by atoms with Gasteiger partial charge in [-0.2, -0.15) is 5.26 Å². The van der Waals surface area contributed by atoms with Crippen molar-refractivity contribution >= 4 is 11.6 Å². The van der Waals surface area contributed by atoms with Crippen molar-refractivity contribution < 1.29 is 0 Å². The maximum Gasteiger partial charge on any atom is 0.0995 e. The molecule has 1 aromatic carbocycles. The fourth-order valence-corrected chi connectivity index (χ4v) is 1.38. The maximum absolute atomic E-state index is 8.86. The van der Waals surface area contributed by atoms with Gasteiger partial charge in [-0.3, -0.25) is 0 Å². The van der Waals surface area contributed by atoms with Crippen LogP contribution in [0.1, 0.15) is 24.5 Å². The SMILES string of the molecule is CCCNCc1ccc(Cl)cc1C#N. The van der Waals surface area contributed by atoms with Gasteiger partial charge in [0, 0.05) is 11.6 Å². The summed E-state index contributed by atoms with van der Waals surface area (Å²) in [7, 11) is 0. The molecule has 0 fully saturated rings. The number of hydrogen-bond acceptors (Lipinski definition) is 2. The molecule has 0 saturated carbocycles. The fraction of sp³-hybridized carbons (Fsp3) is 0.364. The second-order valence-corrected chi connectivity index (χ2v) is 3.53. The topological polar surface area (TPSA) is 35.8 Å². The summed E-state index contributed by atoms with van der Waals surface area (Å²) in [6.07, 6.45) is 1.09. The number of benzene rings is 1. The number of rotatable bonds is 4. The molecule has 0 spiro atoms. The van der Waals surface area contributed by atoms with E-state index in [2.05, 4.69) is 18.3 Å². The molecule has 2 nitrogen and oxygen atoms in total. The monoisotopic (exact) mass is 208 g/mol. The van der Waals surface area contributed by atoms with Gasteiger partial charge in [0.25, 0.3) is 0 Å². The highest BCUT2D eigenvalue weighted by Gasteiger charge is 2.01. The summed E-state index contributed by atoms with van der Waals surface area (Å²) in [6, 6.07) is 7.54. The highest BCUT2D eigenvalue weighted by atomic mass is 35.5. The minimum Gasteiger partial charge on any atom is -0.313 e. The van der Waals surface area contributed by atoms with Crippen LogP contribution >= 0.6 is 11.6 Å². The van der Waals surface area contributed by atoms with E-state index >= 15 is 0 Å². The van der Waals surface area contributed by atoms with Gasteiger partial charge in [-0.05, 0) is 30.7 Å². The third kappa shape index (κ3) is 3.02. The summed E-state index contributed by atoms with van der Waals surface area (Å²) in [5.74, 6) is 0. The number of nitriles is 1. The molecule has 14 heavy (non-hydrogen) atoms. The molecule has 0 aliphatic heterocycles. The molecule has 0 saturated heterocycles. The quantitative estimate of drug-likeness (QED) is 0.773. The zero-order valence-corrected chi connectivity index (χ0v) is 8.93. The van der Waals surface area contributed by atoms with Crippen molar-refractivity contribution in [1.29, 1.82) is 5.26 Å². The van der Waals surface area contributed by atoms with Crippen molar-refractivity contribution in [3.05, 3.63) is 34.3 Å². The number of halogens is 1. The molecule has 1 aromatic rings. The van der Waals surface area contributed by atoms with Gasteiger partial charge < -0.3 is 5.32 Å². The normalized spacial score (nSPS) is 9.79. The van der Waals surface area contributed by atoms with E-state index in [0.29, 0.717) is 10.6 Å². The molecule has 1 N–H and O–H groups in total. The predicted octanol–water partition coefficient (Wildman–Crippen LogP) is 2.71. The first-order valence-corrected chi connectivity index (χ1v) is 5.05. The maximum atomic E-state index is 8.86. The Kier molecular flexibility index (Phi) is 4.45. The fourth-order valence-electron chi connectivity index (χ4n) is 1.21. The smallest absolute Gasteiger partial charge is 0.0995 e. The minimum absolute atomic E-state index is 0.612. The number of hydrogen-bond donors (Lipinski definition) is 1. The van der Waals surface area contributed by atoms with Gasteiger partial charge in [0.15, 0.2) is 0 Å². The Morgan fingerprint density at radius 1 is 1.50 bits per heavy atom. The molecule has 0 aliphatic carbocycles. The van der Waals surface area contributed by atoms with Crippen LogP contribution in [0.25, 0.3) is 0 Å². The molecule has 0 unspecified atom stereocenters. The van der Waals surface area contributed by atoms with E-state index in [9.17, 15) is 0 Å². The molecule has 3 heteroatoms. The lowest BCUT2D eigenvalue weighted by molar-refractivity contribution is 0.674. The van der Waals surface area contributed by atoms with E-state index in [1.807, 2.05) is 12.1 Å². The summed E-state index contributed by atoms with van der Waals surface area (Å²) in [6.45, 7) is 3.81. The van der Waals surface area contributed by atoms with Crippen LogP contribution < -0.4 is 5.32 Å². The van der Waals surface area contributed by atoms with E-state index in [4.69, 9.17) is 16.9 Å². The van der Waals surface area contributed by atoms with Gasteiger partial charge in [-0.1, -0.05) is 24.6 Å². The Balaban J connectivity index is 2.72. The molecule has 0 atom stereocenters. The van der Waals surface area contributed by atoms with Crippen LogP contribution in [0.4, 0.5) is 0 Å². The Morgan fingerprint density at radius 3 is 2.93 bits per heavy atom. The van der Waals surface area contributed by atoms with Crippen LogP contribution in [-0.2, 0) is 6.54 Å². The van der Waals surface area contributed by atoms with Crippen molar-refractivity contribution in [3.8, 4) is 6.07 Å². The Hall–Kier alpha value is -1.04. The first-order chi connectivity index (χ1) is 6.77. The van der Waals surface area contributed by atoms with E-state index in [1.165, 1.54) is 0 Å². The molecule has 0 aromatic heterocycles. The Bertz CT molecular complexity index is 342. The summed E-state index contributed by atoms with van der Waals surface area (Å²) >= 11 is 5.79. The molecular formula is C11H13ClN2. The lowest BCUT2D eigenvalue weighted by Gasteiger charge is -2.05. The number of nitrogens with zero attached hydrogens (tertiary/aromatic N) is 1. The van der Waals surface area contributed by atoms with E-state index < -0.39 is 0 Å². The predicted molar refractivity (Wildman–Crippen MR) is 58.2 cm³/mol. The van der Waals surface area contributed by atoms with E-state index in [0.717, 1.165) is 25.1 Å². The lowest BCUT2D eigenvalue weighted by atomic mass is 10.1. The standard InChI is InChI=1S/C11H13ClN2/c1-2-5-14-8-9-3-4-11(12)6-10(9)7-13/h3-4,6,14H,2,5,8H2,1H3. The van der Waals surface area contributed by atoms with Gasteiger partial charge in [0.1, 0.15) is 0 Å². The van der Waals surface area contributed by atoms with Gasteiger partial charge in [0.05, 0.1) is 11.6 Å². The van der Waals surface area contributed by atoms with Crippen LogP contribution in [0, 0.1) is 11.3 Å². The number of nitrogens with one attached hydrogen (secondary N) is 1. The van der Waals surface area contributed by atoms with Crippen molar-refractivity contribution in [2.24, 2.45) is 0 Å². The minimum atomic E-state index is 0.612. The van der Waals surface area contributed by atoms with Crippen LogP contribution in [0.3, 0.4) is 0 Å².